The van der Waals surface area contributed by atoms with Gasteiger partial charge in [-0.05, 0) is 30.7 Å². The zero-order valence-corrected chi connectivity index (χ0v) is 12.7. The molecule has 2 aliphatic rings. The van der Waals surface area contributed by atoms with Gasteiger partial charge < -0.3 is 5.73 Å². The van der Waals surface area contributed by atoms with E-state index in [-0.39, 0.29) is 0 Å². The summed E-state index contributed by atoms with van der Waals surface area (Å²) in [5.74, 6) is 1.51. The topological polar surface area (TPSA) is 47.1 Å². The van der Waals surface area contributed by atoms with E-state index in [0.29, 0.717) is 12.0 Å². The van der Waals surface area contributed by atoms with Crippen molar-refractivity contribution in [3.63, 3.8) is 0 Å². The van der Waals surface area contributed by atoms with E-state index < -0.39 is 0 Å². The van der Waals surface area contributed by atoms with Gasteiger partial charge >= 0.3 is 0 Å². The highest BCUT2D eigenvalue weighted by atomic mass is 15.3. The van der Waals surface area contributed by atoms with E-state index in [1.807, 2.05) is 11.7 Å². The lowest BCUT2D eigenvalue weighted by Gasteiger charge is -2.29. The summed E-state index contributed by atoms with van der Waals surface area (Å²) >= 11 is 0. The fourth-order valence-electron chi connectivity index (χ4n) is 4.36. The molecular formula is C17H24N4. The largest absolute Gasteiger partial charge is 0.327 e. The van der Waals surface area contributed by atoms with Gasteiger partial charge in [0.05, 0.1) is 11.2 Å². The Bertz CT molecular complexity index is 647. The van der Waals surface area contributed by atoms with Gasteiger partial charge in [0.1, 0.15) is 0 Å². The molecule has 2 fully saturated rings. The molecule has 2 aromatic rings. The molecule has 1 aromatic heterocycles. The van der Waals surface area contributed by atoms with Gasteiger partial charge in [0.2, 0.25) is 0 Å². The van der Waals surface area contributed by atoms with Crippen molar-refractivity contribution in [1.82, 2.24) is 14.7 Å². The van der Waals surface area contributed by atoms with Crippen molar-refractivity contribution in [2.75, 3.05) is 13.1 Å². The minimum Gasteiger partial charge on any atom is -0.327 e. The third-order valence-corrected chi connectivity index (χ3v) is 5.44. The monoisotopic (exact) mass is 284 g/mol. The van der Waals surface area contributed by atoms with Crippen LogP contribution in [-0.4, -0.2) is 33.8 Å². The number of aromatic nitrogens is 2. The molecule has 1 aliphatic carbocycles. The second kappa shape index (κ2) is 5.11. The van der Waals surface area contributed by atoms with Gasteiger partial charge in [-0.1, -0.05) is 24.6 Å². The number of fused-ring (bicyclic) bond motifs is 2. The van der Waals surface area contributed by atoms with E-state index in [9.17, 15) is 0 Å². The molecule has 3 atom stereocenters. The van der Waals surface area contributed by atoms with Gasteiger partial charge in [-0.25, -0.2) is 0 Å². The second-order valence-electron chi connectivity index (χ2n) is 6.80. The molecule has 3 unspecified atom stereocenters. The number of hydrogen-bond donors (Lipinski definition) is 1. The number of hydrogen-bond acceptors (Lipinski definition) is 3. The molecule has 2 heterocycles. The number of rotatable bonds is 2. The summed E-state index contributed by atoms with van der Waals surface area (Å²) < 4.78 is 2.00. The summed E-state index contributed by atoms with van der Waals surface area (Å²) in [5, 5.41) is 6.02. The van der Waals surface area contributed by atoms with E-state index in [0.717, 1.165) is 19.0 Å². The van der Waals surface area contributed by atoms with Crippen LogP contribution in [0.15, 0.2) is 24.3 Å². The molecule has 0 amide bonds. The van der Waals surface area contributed by atoms with E-state index in [1.165, 1.54) is 42.4 Å². The molecule has 4 nitrogen and oxygen atoms in total. The van der Waals surface area contributed by atoms with E-state index in [1.54, 1.807) is 0 Å². The average Bonchev–Trinajstić information content (AvgIpc) is 3.03. The lowest BCUT2D eigenvalue weighted by Crippen LogP contribution is -2.38. The number of nitrogens with two attached hydrogens (primary N) is 1. The van der Waals surface area contributed by atoms with Crippen molar-refractivity contribution in [2.45, 2.75) is 31.8 Å². The SMILES string of the molecule is Cn1nc(CN2CC3CCCC(N)C3C2)c2ccccc21. The van der Waals surface area contributed by atoms with Crippen LogP contribution in [-0.2, 0) is 13.6 Å². The van der Waals surface area contributed by atoms with Crippen molar-refractivity contribution < 1.29 is 0 Å². The molecule has 4 heteroatoms. The van der Waals surface area contributed by atoms with Crippen molar-refractivity contribution >= 4 is 10.9 Å². The Morgan fingerprint density at radius 2 is 2.10 bits per heavy atom. The van der Waals surface area contributed by atoms with E-state index in [4.69, 9.17) is 10.8 Å². The predicted molar refractivity (Wildman–Crippen MR) is 84.8 cm³/mol. The number of para-hydroxylation sites is 1. The molecule has 1 aromatic carbocycles. The Morgan fingerprint density at radius 1 is 1.24 bits per heavy atom. The highest BCUT2D eigenvalue weighted by molar-refractivity contribution is 5.81. The standard InChI is InChI=1S/C17H24N4/c1-20-17-8-3-2-6-13(17)16(19-20)11-21-9-12-5-4-7-15(18)14(12)10-21/h2-3,6,8,12,14-15H,4-5,7,9-11,18H2,1H3. The summed E-state index contributed by atoms with van der Waals surface area (Å²) in [6, 6.07) is 8.93. The summed E-state index contributed by atoms with van der Waals surface area (Å²) in [4.78, 5) is 2.56. The van der Waals surface area contributed by atoms with Crippen LogP contribution in [0.25, 0.3) is 10.9 Å². The Morgan fingerprint density at radius 3 is 2.95 bits per heavy atom. The van der Waals surface area contributed by atoms with Crippen LogP contribution in [0, 0.1) is 11.8 Å². The van der Waals surface area contributed by atoms with Crippen LogP contribution in [0.3, 0.4) is 0 Å². The van der Waals surface area contributed by atoms with Crippen molar-refractivity contribution in [3.05, 3.63) is 30.0 Å². The molecule has 0 bridgehead atoms. The Balaban J connectivity index is 1.56. The molecule has 1 saturated heterocycles. The number of likely N-dealkylation sites (tertiary alicyclic amines) is 1. The summed E-state index contributed by atoms with van der Waals surface area (Å²) in [6.45, 7) is 3.31. The molecule has 4 rings (SSSR count). The van der Waals surface area contributed by atoms with Crippen LogP contribution in [0.1, 0.15) is 25.0 Å². The third-order valence-electron chi connectivity index (χ3n) is 5.44. The first kappa shape index (κ1) is 13.3. The molecule has 112 valence electrons. The third kappa shape index (κ3) is 2.27. The highest BCUT2D eigenvalue weighted by Gasteiger charge is 2.38. The zero-order chi connectivity index (χ0) is 14.4. The quantitative estimate of drug-likeness (QED) is 0.919. The maximum absolute atomic E-state index is 6.32. The first-order valence-corrected chi connectivity index (χ1v) is 8.11. The highest BCUT2D eigenvalue weighted by Crippen LogP contribution is 2.36. The smallest absolute Gasteiger partial charge is 0.0843 e. The molecule has 2 N–H and O–H groups in total. The maximum atomic E-state index is 6.32. The van der Waals surface area contributed by atoms with E-state index >= 15 is 0 Å². The minimum absolute atomic E-state index is 0.411. The molecule has 1 aliphatic heterocycles. The van der Waals surface area contributed by atoms with Gasteiger partial charge in [-0.3, -0.25) is 9.58 Å². The van der Waals surface area contributed by atoms with Crippen LogP contribution in [0.4, 0.5) is 0 Å². The van der Waals surface area contributed by atoms with Crippen molar-refractivity contribution in [3.8, 4) is 0 Å². The van der Waals surface area contributed by atoms with Gasteiger partial charge in [-0.2, -0.15) is 5.10 Å². The van der Waals surface area contributed by atoms with Gasteiger partial charge in [0.15, 0.2) is 0 Å². The van der Waals surface area contributed by atoms with Crippen LogP contribution in [0.2, 0.25) is 0 Å². The van der Waals surface area contributed by atoms with Crippen LogP contribution < -0.4 is 5.73 Å². The normalized spacial score (nSPS) is 29.9. The maximum Gasteiger partial charge on any atom is 0.0843 e. The lowest BCUT2D eigenvalue weighted by molar-refractivity contribution is 0.259. The summed E-state index contributed by atoms with van der Waals surface area (Å²) in [7, 11) is 2.03. The van der Waals surface area contributed by atoms with Crippen molar-refractivity contribution in [1.29, 1.82) is 0 Å². The molecule has 1 saturated carbocycles. The number of nitrogens with zero attached hydrogens (tertiary/aromatic N) is 3. The van der Waals surface area contributed by atoms with Crippen molar-refractivity contribution in [2.24, 2.45) is 24.6 Å². The second-order valence-corrected chi connectivity index (χ2v) is 6.80. The summed E-state index contributed by atoms with van der Waals surface area (Å²) in [6.07, 6.45) is 3.88. The Labute approximate surface area is 125 Å². The first-order chi connectivity index (χ1) is 10.2. The fraction of sp³-hybridized carbons (Fsp3) is 0.588. The van der Waals surface area contributed by atoms with Crippen LogP contribution in [0.5, 0.6) is 0 Å². The number of benzene rings is 1. The van der Waals surface area contributed by atoms with Crippen LogP contribution >= 0.6 is 0 Å². The molecule has 21 heavy (non-hydrogen) atoms. The van der Waals surface area contributed by atoms with E-state index in [2.05, 4.69) is 29.2 Å². The zero-order valence-electron chi connectivity index (χ0n) is 12.7. The molecule has 0 radical (unpaired) electrons. The minimum atomic E-state index is 0.411. The number of aryl methyl sites for hydroxylation is 1. The predicted octanol–water partition coefficient (Wildman–Crippen LogP) is 2.13. The summed E-state index contributed by atoms with van der Waals surface area (Å²) in [5.41, 5.74) is 8.76. The molecule has 0 spiro atoms. The molecular weight excluding hydrogens is 260 g/mol. The van der Waals surface area contributed by atoms with Gasteiger partial charge in [0, 0.05) is 38.1 Å². The first-order valence-electron chi connectivity index (χ1n) is 8.11. The lowest BCUT2D eigenvalue weighted by atomic mass is 9.78. The van der Waals surface area contributed by atoms with Gasteiger partial charge in [-0.15, -0.1) is 0 Å². The fourth-order valence-corrected chi connectivity index (χ4v) is 4.36. The Kier molecular flexibility index (Phi) is 3.23. The average molecular weight is 284 g/mol. The van der Waals surface area contributed by atoms with Gasteiger partial charge in [0.25, 0.3) is 0 Å². The Hall–Kier alpha value is -1.39.